The molecule has 3 aromatic rings. The lowest BCUT2D eigenvalue weighted by Crippen LogP contribution is -1.99. The molecule has 0 saturated carbocycles. The van der Waals surface area contributed by atoms with Gasteiger partial charge in [-0.2, -0.15) is 0 Å². The Morgan fingerprint density at radius 2 is 2.00 bits per heavy atom. The number of benzene rings is 1. The summed E-state index contributed by atoms with van der Waals surface area (Å²) in [5.74, 6) is 1.36. The highest BCUT2D eigenvalue weighted by Crippen LogP contribution is 2.32. The summed E-state index contributed by atoms with van der Waals surface area (Å²) in [5, 5.41) is 1.03. The number of rotatable bonds is 4. The first kappa shape index (κ1) is 14.1. The second-order valence-corrected chi connectivity index (χ2v) is 6.31. The zero-order valence-electron chi connectivity index (χ0n) is 12.0. The summed E-state index contributed by atoms with van der Waals surface area (Å²) in [6.45, 7) is 2.69. The number of hydrogen-bond acceptors (Lipinski definition) is 5. The van der Waals surface area contributed by atoms with Crippen LogP contribution in [-0.2, 0) is 6.54 Å². The summed E-state index contributed by atoms with van der Waals surface area (Å²) in [7, 11) is 3.24. The average molecular weight is 321 g/mol. The van der Waals surface area contributed by atoms with Crippen LogP contribution in [0, 0.1) is 11.7 Å². The Morgan fingerprint density at radius 1 is 1.29 bits per heavy atom. The van der Waals surface area contributed by atoms with E-state index >= 15 is 0 Å². The van der Waals surface area contributed by atoms with Crippen molar-refractivity contribution in [1.82, 2.24) is 14.5 Å². The largest absolute Gasteiger partial charge is 0.493 e. The van der Waals surface area contributed by atoms with Gasteiger partial charge in [0.25, 0.3) is 0 Å². The first-order valence-corrected chi connectivity index (χ1v) is 7.60. The molecule has 0 spiro atoms. The van der Waals surface area contributed by atoms with Gasteiger partial charge in [0.1, 0.15) is 5.01 Å². The number of aryl methyl sites for hydroxylation is 1. The predicted octanol–water partition coefficient (Wildman–Crippen LogP) is 3.53. The topological polar surface area (TPSA) is 52.1 Å². The molecule has 1 aromatic carbocycles. The molecule has 0 radical (unpaired) electrons. The van der Waals surface area contributed by atoms with Crippen LogP contribution in [0.15, 0.2) is 18.3 Å². The van der Waals surface area contributed by atoms with E-state index in [0.29, 0.717) is 22.8 Å². The molecule has 21 heavy (non-hydrogen) atoms. The number of hydrogen-bond donors (Lipinski definition) is 1. The van der Waals surface area contributed by atoms with Crippen molar-refractivity contribution in [3.05, 3.63) is 33.0 Å². The molecule has 5 nitrogen and oxygen atoms in total. The summed E-state index contributed by atoms with van der Waals surface area (Å²) in [6, 6.07) is 3.83. The number of nitrogens with one attached hydrogen (secondary N) is 1. The van der Waals surface area contributed by atoms with Crippen LogP contribution in [0.1, 0.15) is 9.88 Å². The van der Waals surface area contributed by atoms with Gasteiger partial charge in [-0.15, -0.1) is 11.3 Å². The molecular weight excluding hydrogens is 306 g/mol. The number of aromatic amines is 1. The maximum atomic E-state index is 5.42. The monoisotopic (exact) mass is 321 g/mol. The van der Waals surface area contributed by atoms with Crippen molar-refractivity contribution in [3.8, 4) is 11.5 Å². The molecule has 0 aliphatic heterocycles. The van der Waals surface area contributed by atoms with Crippen molar-refractivity contribution in [1.29, 1.82) is 0 Å². The molecule has 0 atom stereocenters. The van der Waals surface area contributed by atoms with Gasteiger partial charge in [0.05, 0.1) is 31.8 Å². The number of fused-ring (bicyclic) bond motifs is 1. The van der Waals surface area contributed by atoms with Gasteiger partial charge in [0, 0.05) is 23.2 Å². The van der Waals surface area contributed by atoms with Gasteiger partial charge in [0.2, 0.25) is 0 Å². The van der Waals surface area contributed by atoms with Crippen molar-refractivity contribution in [2.24, 2.45) is 0 Å². The minimum absolute atomic E-state index is 0.646. The SMILES string of the molecule is COc1cc2[nH]c(=S)n(Cc3ncc(C)s3)c2cc1OC. The summed E-state index contributed by atoms with van der Waals surface area (Å²) in [5.41, 5.74) is 1.90. The highest BCUT2D eigenvalue weighted by atomic mass is 32.1. The van der Waals surface area contributed by atoms with Gasteiger partial charge in [-0.3, -0.25) is 0 Å². The van der Waals surface area contributed by atoms with Crippen molar-refractivity contribution in [3.63, 3.8) is 0 Å². The van der Waals surface area contributed by atoms with Crippen LogP contribution >= 0.6 is 23.6 Å². The van der Waals surface area contributed by atoms with Crippen LogP contribution in [0.25, 0.3) is 11.0 Å². The number of H-pyrrole nitrogens is 1. The number of aromatic nitrogens is 3. The number of thiazole rings is 1. The zero-order valence-corrected chi connectivity index (χ0v) is 13.6. The van der Waals surface area contributed by atoms with E-state index in [1.165, 1.54) is 4.88 Å². The summed E-state index contributed by atoms with van der Waals surface area (Å²) in [4.78, 5) is 8.79. The second kappa shape index (κ2) is 5.50. The van der Waals surface area contributed by atoms with E-state index in [1.807, 2.05) is 29.8 Å². The lowest BCUT2D eigenvalue weighted by atomic mass is 10.2. The maximum Gasteiger partial charge on any atom is 0.178 e. The number of imidazole rings is 1. The molecule has 0 unspecified atom stereocenters. The van der Waals surface area contributed by atoms with Gasteiger partial charge in [-0.25, -0.2) is 4.98 Å². The molecule has 0 saturated heterocycles. The molecule has 2 heterocycles. The van der Waals surface area contributed by atoms with Crippen molar-refractivity contribution in [2.75, 3.05) is 14.2 Å². The fourth-order valence-corrected chi connectivity index (χ4v) is 3.30. The zero-order chi connectivity index (χ0) is 15.0. The van der Waals surface area contributed by atoms with Crippen molar-refractivity contribution >= 4 is 34.6 Å². The molecule has 0 amide bonds. The number of methoxy groups -OCH3 is 2. The Hall–Kier alpha value is -1.86. The lowest BCUT2D eigenvalue weighted by molar-refractivity contribution is 0.355. The molecular formula is C14H15N3O2S2. The van der Waals surface area contributed by atoms with Gasteiger partial charge in [-0.05, 0) is 19.1 Å². The minimum Gasteiger partial charge on any atom is -0.493 e. The van der Waals surface area contributed by atoms with Gasteiger partial charge >= 0.3 is 0 Å². The summed E-state index contributed by atoms with van der Waals surface area (Å²) >= 11 is 7.09. The molecule has 2 aromatic heterocycles. The van der Waals surface area contributed by atoms with Crippen LogP contribution in [0.5, 0.6) is 11.5 Å². The molecule has 0 bridgehead atoms. The van der Waals surface area contributed by atoms with Crippen LogP contribution in [0.3, 0.4) is 0 Å². The van der Waals surface area contributed by atoms with E-state index in [4.69, 9.17) is 21.7 Å². The standard InChI is InChI=1S/C14H15N3O2S2/c1-8-6-15-13(21-8)7-17-10-5-12(19-3)11(18-2)4-9(10)16-14(17)20/h4-6H,7H2,1-3H3,(H,16,20). The molecule has 1 N–H and O–H groups in total. The fraction of sp³-hybridized carbons (Fsp3) is 0.286. The van der Waals surface area contributed by atoms with Crippen molar-refractivity contribution < 1.29 is 9.47 Å². The molecule has 3 rings (SSSR count). The molecule has 0 aliphatic carbocycles. The van der Waals surface area contributed by atoms with E-state index in [-0.39, 0.29) is 0 Å². The van der Waals surface area contributed by atoms with E-state index in [2.05, 4.69) is 9.97 Å². The molecule has 0 aliphatic rings. The third kappa shape index (κ3) is 2.54. The van der Waals surface area contributed by atoms with Crippen molar-refractivity contribution in [2.45, 2.75) is 13.5 Å². The molecule has 0 fully saturated rings. The smallest absolute Gasteiger partial charge is 0.178 e. The highest BCUT2D eigenvalue weighted by molar-refractivity contribution is 7.71. The van der Waals surface area contributed by atoms with Crippen LogP contribution in [0.2, 0.25) is 0 Å². The first-order chi connectivity index (χ1) is 10.1. The van der Waals surface area contributed by atoms with E-state index in [0.717, 1.165) is 16.0 Å². The summed E-state index contributed by atoms with van der Waals surface area (Å²) in [6.07, 6.45) is 1.88. The van der Waals surface area contributed by atoms with E-state index in [9.17, 15) is 0 Å². The minimum atomic E-state index is 0.646. The summed E-state index contributed by atoms with van der Waals surface area (Å²) < 4.78 is 13.4. The van der Waals surface area contributed by atoms with E-state index in [1.54, 1.807) is 25.6 Å². The van der Waals surface area contributed by atoms with Gasteiger partial charge in [0.15, 0.2) is 16.3 Å². The normalized spacial score (nSPS) is 11.0. The predicted molar refractivity (Wildman–Crippen MR) is 86.2 cm³/mol. The van der Waals surface area contributed by atoms with E-state index < -0.39 is 0 Å². The second-order valence-electron chi connectivity index (χ2n) is 4.61. The Bertz CT molecular complexity index is 848. The van der Waals surface area contributed by atoms with Crippen LogP contribution in [-0.4, -0.2) is 28.8 Å². The quantitative estimate of drug-likeness (QED) is 0.747. The highest BCUT2D eigenvalue weighted by Gasteiger charge is 2.12. The van der Waals surface area contributed by atoms with Crippen LogP contribution < -0.4 is 9.47 Å². The van der Waals surface area contributed by atoms with Crippen LogP contribution in [0.4, 0.5) is 0 Å². The number of ether oxygens (including phenoxy) is 2. The molecule has 110 valence electrons. The van der Waals surface area contributed by atoms with Gasteiger partial charge in [-0.1, -0.05) is 0 Å². The lowest BCUT2D eigenvalue weighted by Gasteiger charge is -2.08. The Morgan fingerprint density at radius 3 is 2.62 bits per heavy atom. The third-order valence-electron chi connectivity index (χ3n) is 3.24. The third-order valence-corrected chi connectivity index (χ3v) is 4.46. The maximum absolute atomic E-state index is 5.42. The van der Waals surface area contributed by atoms with Gasteiger partial charge < -0.3 is 19.0 Å². The first-order valence-electron chi connectivity index (χ1n) is 6.38. The Balaban J connectivity index is 2.13. The molecule has 7 heteroatoms. The Labute approximate surface area is 131 Å². The Kier molecular flexibility index (Phi) is 3.69. The fourth-order valence-electron chi connectivity index (χ4n) is 2.25. The number of nitrogens with zero attached hydrogens (tertiary/aromatic N) is 2. The average Bonchev–Trinajstić information content (AvgIpc) is 3.02.